The lowest BCUT2D eigenvalue weighted by Gasteiger charge is -2.39. The highest BCUT2D eigenvalue weighted by molar-refractivity contribution is 5.88. The van der Waals surface area contributed by atoms with E-state index in [0.29, 0.717) is 0 Å². The van der Waals surface area contributed by atoms with Gasteiger partial charge in [-0.15, -0.1) is 0 Å². The van der Waals surface area contributed by atoms with E-state index < -0.39 is 60.0 Å². The first-order valence-electron chi connectivity index (χ1n) is 10.0. The van der Waals surface area contributed by atoms with Crippen LogP contribution in [0.5, 0.6) is 28.7 Å². The fourth-order valence-corrected chi connectivity index (χ4v) is 3.63. The summed E-state index contributed by atoms with van der Waals surface area (Å²) in [5.41, 5.74) is -0.911. The molecular weight excluding hydrogens is 456 g/mol. The zero-order chi connectivity index (χ0) is 24.7. The van der Waals surface area contributed by atoms with Crippen molar-refractivity contribution in [2.45, 2.75) is 30.7 Å². The van der Waals surface area contributed by atoms with Crippen molar-refractivity contribution in [2.75, 3.05) is 13.7 Å². The van der Waals surface area contributed by atoms with Crippen LogP contribution in [0.2, 0.25) is 0 Å². The van der Waals surface area contributed by atoms with Crippen molar-refractivity contribution in [3.8, 4) is 40.1 Å². The third kappa shape index (κ3) is 3.97. The number of ether oxygens (including phenoxy) is 3. The Hall–Kier alpha value is -3.55. The number of aromatic hydroxyl groups is 3. The number of methoxy groups -OCH3 is 1. The first-order chi connectivity index (χ1) is 16.2. The van der Waals surface area contributed by atoms with Crippen LogP contribution in [0.25, 0.3) is 22.3 Å². The molecule has 182 valence electrons. The molecule has 0 spiro atoms. The van der Waals surface area contributed by atoms with Crippen LogP contribution in [0.4, 0.5) is 0 Å². The van der Waals surface area contributed by atoms with Crippen molar-refractivity contribution < 1.29 is 54.4 Å². The molecule has 3 aromatic rings. The van der Waals surface area contributed by atoms with Crippen LogP contribution >= 0.6 is 0 Å². The second-order valence-corrected chi connectivity index (χ2v) is 7.63. The lowest BCUT2D eigenvalue weighted by atomic mass is 9.99. The molecule has 2 aromatic carbocycles. The summed E-state index contributed by atoms with van der Waals surface area (Å²) in [4.78, 5) is 12.6. The van der Waals surface area contributed by atoms with Crippen LogP contribution in [0, 0.1) is 0 Å². The molecule has 0 bridgehead atoms. The molecule has 0 aliphatic carbocycles. The topological polar surface area (TPSA) is 200 Å². The van der Waals surface area contributed by atoms with Crippen molar-refractivity contribution >= 4 is 11.0 Å². The second kappa shape index (κ2) is 9.00. The summed E-state index contributed by atoms with van der Waals surface area (Å²) in [6.45, 7) is -0.656. The Morgan fingerprint density at radius 3 is 2.35 bits per heavy atom. The second-order valence-electron chi connectivity index (χ2n) is 7.63. The van der Waals surface area contributed by atoms with Crippen molar-refractivity contribution in [3.63, 3.8) is 0 Å². The Bertz CT molecular complexity index is 1270. The van der Waals surface area contributed by atoms with Crippen LogP contribution in [-0.2, 0) is 4.74 Å². The maximum atomic E-state index is 12.6. The van der Waals surface area contributed by atoms with Gasteiger partial charge < -0.3 is 54.4 Å². The van der Waals surface area contributed by atoms with Gasteiger partial charge in [-0.05, 0) is 18.2 Å². The predicted molar refractivity (Wildman–Crippen MR) is 114 cm³/mol. The van der Waals surface area contributed by atoms with Gasteiger partial charge in [0.1, 0.15) is 46.9 Å². The van der Waals surface area contributed by atoms with Gasteiger partial charge in [0.25, 0.3) is 0 Å². The van der Waals surface area contributed by atoms with Gasteiger partial charge in [0.15, 0.2) is 17.3 Å². The van der Waals surface area contributed by atoms with Crippen LogP contribution in [0.15, 0.2) is 39.5 Å². The zero-order valence-corrected chi connectivity index (χ0v) is 17.7. The van der Waals surface area contributed by atoms with Gasteiger partial charge in [-0.25, -0.2) is 0 Å². The number of phenolic OH excluding ortho intramolecular Hbond substituents is 2. The molecule has 0 saturated carbocycles. The Balaban J connectivity index is 1.69. The quantitative estimate of drug-likeness (QED) is 0.254. The van der Waals surface area contributed by atoms with E-state index in [-0.39, 0.29) is 33.8 Å². The first-order valence-corrected chi connectivity index (χ1v) is 10.0. The van der Waals surface area contributed by atoms with E-state index in [1.165, 1.54) is 31.4 Å². The maximum absolute atomic E-state index is 12.6. The number of hydrogen-bond donors (Lipinski definition) is 7. The molecule has 7 N–H and O–H groups in total. The first kappa shape index (κ1) is 23.6. The standard InChI is InChI=1S/C22H22O12/c1-31-9-5-11(25)15-13(6-9)32-21(19(29)17(15)27)8-2-3-12(10(24)4-8)33-22-20(30)18(28)16(26)14(7-23)34-22/h2-6,14,16,18,20,22-26,28-30H,7H2,1H3/t14-,16-,18+,20-,22-/m1/s1. The number of benzene rings is 2. The van der Waals surface area contributed by atoms with Crippen LogP contribution < -0.4 is 14.9 Å². The minimum Gasteiger partial charge on any atom is -0.507 e. The normalized spacial score (nSPS) is 24.8. The summed E-state index contributed by atoms with van der Waals surface area (Å²) in [5.74, 6) is -2.08. The largest absolute Gasteiger partial charge is 0.507 e. The summed E-state index contributed by atoms with van der Waals surface area (Å²) >= 11 is 0. The molecule has 0 unspecified atom stereocenters. The molecule has 0 amide bonds. The Labute approximate surface area is 191 Å². The van der Waals surface area contributed by atoms with E-state index in [1.54, 1.807) is 0 Å². The fraction of sp³-hybridized carbons (Fsp3) is 0.318. The third-order valence-corrected chi connectivity index (χ3v) is 5.47. The monoisotopic (exact) mass is 478 g/mol. The lowest BCUT2D eigenvalue weighted by molar-refractivity contribution is -0.277. The summed E-state index contributed by atoms with van der Waals surface area (Å²) in [7, 11) is 1.35. The molecule has 12 nitrogen and oxygen atoms in total. The molecule has 1 aromatic heterocycles. The molecule has 4 rings (SSSR count). The minimum atomic E-state index is -1.69. The molecule has 2 heterocycles. The summed E-state index contributed by atoms with van der Waals surface area (Å²) in [6, 6.07) is 6.18. The van der Waals surface area contributed by atoms with E-state index in [2.05, 4.69) is 0 Å². The van der Waals surface area contributed by atoms with Crippen molar-refractivity contribution in [2.24, 2.45) is 0 Å². The summed E-state index contributed by atoms with van der Waals surface area (Å²) in [6.07, 6.45) is -7.68. The number of aliphatic hydroxyl groups is 4. The average Bonchev–Trinajstić information content (AvgIpc) is 2.82. The molecule has 5 atom stereocenters. The van der Waals surface area contributed by atoms with Crippen molar-refractivity contribution in [1.82, 2.24) is 0 Å². The zero-order valence-electron chi connectivity index (χ0n) is 17.7. The molecule has 12 heteroatoms. The van der Waals surface area contributed by atoms with Gasteiger partial charge in [-0.1, -0.05) is 0 Å². The van der Waals surface area contributed by atoms with Crippen molar-refractivity contribution in [3.05, 3.63) is 40.6 Å². The van der Waals surface area contributed by atoms with Gasteiger partial charge in [-0.3, -0.25) is 4.79 Å². The number of hydrogen-bond acceptors (Lipinski definition) is 12. The molecule has 1 fully saturated rings. The van der Waals surface area contributed by atoms with Crippen LogP contribution in [0.3, 0.4) is 0 Å². The molecule has 1 aliphatic rings. The van der Waals surface area contributed by atoms with E-state index in [9.17, 15) is 40.5 Å². The number of aliphatic hydroxyl groups excluding tert-OH is 4. The summed E-state index contributed by atoms with van der Waals surface area (Å²) in [5, 5.41) is 69.7. The highest BCUT2D eigenvalue weighted by Crippen LogP contribution is 2.39. The average molecular weight is 478 g/mol. The molecular formula is C22H22O12. The highest BCUT2D eigenvalue weighted by Gasteiger charge is 2.45. The Morgan fingerprint density at radius 1 is 0.971 bits per heavy atom. The van der Waals surface area contributed by atoms with Gasteiger partial charge in [0.05, 0.1) is 13.7 Å². The summed E-state index contributed by atoms with van der Waals surface area (Å²) < 4.78 is 21.3. The van der Waals surface area contributed by atoms with Crippen LogP contribution in [0.1, 0.15) is 0 Å². The molecule has 0 radical (unpaired) electrons. The van der Waals surface area contributed by atoms with Gasteiger partial charge in [0.2, 0.25) is 17.5 Å². The highest BCUT2D eigenvalue weighted by atomic mass is 16.7. The van der Waals surface area contributed by atoms with Crippen LogP contribution in [-0.4, -0.2) is 80.2 Å². The van der Waals surface area contributed by atoms with E-state index in [1.807, 2.05) is 0 Å². The Morgan fingerprint density at radius 2 is 1.71 bits per heavy atom. The lowest BCUT2D eigenvalue weighted by Crippen LogP contribution is -2.60. The maximum Gasteiger partial charge on any atom is 0.238 e. The number of fused-ring (bicyclic) bond motifs is 1. The van der Waals surface area contributed by atoms with Gasteiger partial charge in [0, 0.05) is 17.7 Å². The SMILES string of the molecule is COc1cc(O)c2c(=O)c(O)c(-c3ccc(O[C@@H]4O[C@H](CO)[C@@H](O)[C@H](O)[C@H]4O)c(O)c3)oc2c1. The van der Waals surface area contributed by atoms with E-state index in [0.717, 1.165) is 6.07 Å². The third-order valence-electron chi connectivity index (χ3n) is 5.47. The number of phenols is 2. The molecule has 34 heavy (non-hydrogen) atoms. The molecule has 1 aliphatic heterocycles. The van der Waals surface area contributed by atoms with E-state index in [4.69, 9.17) is 18.6 Å². The predicted octanol–water partition coefficient (Wildman–Crippen LogP) is -0.236. The molecule has 1 saturated heterocycles. The number of rotatable bonds is 5. The Kier molecular flexibility index (Phi) is 6.25. The fourth-order valence-electron chi connectivity index (χ4n) is 3.63. The minimum absolute atomic E-state index is 0.0671. The van der Waals surface area contributed by atoms with E-state index >= 15 is 0 Å². The van der Waals surface area contributed by atoms with Gasteiger partial charge in [-0.2, -0.15) is 0 Å². The van der Waals surface area contributed by atoms with Gasteiger partial charge >= 0.3 is 0 Å². The smallest absolute Gasteiger partial charge is 0.238 e. The van der Waals surface area contributed by atoms with Crippen molar-refractivity contribution in [1.29, 1.82) is 0 Å².